The van der Waals surface area contributed by atoms with Crippen molar-refractivity contribution in [3.63, 3.8) is 0 Å². The molecule has 1 atom stereocenters. The van der Waals surface area contributed by atoms with Crippen LogP contribution in [-0.4, -0.2) is 23.1 Å². The number of cyclic esters (lactones) is 1. The summed E-state index contributed by atoms with van der Waals surface area (Å²) in [5.74, 6) is -2.48. The molecule has 1 saturated heterocycles. The van der Waals surface area contributed by atoms with Crippen LogP contribution in [0.5, 0.6) is 0 Å². The molecule has 0 aromatic rings. The molecule has 1 aliphatic heterocycles. The van der Waals surface area contributed by atoms with E-state index in [4.69, 9.17) is 4.74 Å². The van der Waals surface area contributed by atoms with Crippen LogP contribution in [0.2, 0.25) is 0 Å². The van der Waals surface area contributed by atoms with Crippen molar-refractivity contribution in [1.82, 2.24) is 0 Å². The van der Waals surface area contributed by atoms with Crippen LogP contribution in [0.3, 0.4) is 0 Å². The standard InChI is InChI=1S/C11H16O4/c1-4-5-7(12)9-8(13)6-11(2,3)15-10(9)14/h9H,4-6H2,1-3H3. The second kappa shape index (κ2) is 4.13. The summed E-state index contributed by atoms with van der Waals surface area (Å²) in [5, 5.41) is 0. The highest BCUT2D eigenvalue weighted by Gasteiger charge is 2.44. The van der Waals surface area contributed by atoms with Crippen molar-refractivity contribution in [2.75, 3.05) is 0 Å². The van der Waals surface area contributed by atoms with Gasteiger partial charge in [-0.05, 0) is 20.3 Å². The van der Waals surface area contributed by atoms with Gasteiger partial charge in [-0.1, -0.05) is 6.92 Å². The lowest BCUT2D eigenvalue weighted by Gasteiger charge is -2.32. The molecule has 0 N–H and O–H groups in total. The third kappa shape index (κ3) is 2.64. The van der Waals surface area contributed by atoms with Crippen molar-refractivity contribution < 1.29 is 19.1 Å². The number of Topliss-reactive ketones (excluding diaryl/α,β-unsaturated/α-hetero) is 2. The van der Waals surface area contributed by atoms with Crippen LogP contribution in [0.1, 0.15) is 40.0 Å². The Labute approximate surface area is 89.0 Å². The molecule has 84 valence electrons. The van der Waals surface area contributed by atoms with Gasteiger partial charge in [-0.2, -0.15) is 0 Å². The van der Waals surface area contributed by atoms with Crippen LogP contribution in [-0.2, 0) is 19.1 Å². The predicted molar refractivity (Wildman–Crippen MR) is 53.2 cm³/mol. The smallest absolute Gasteiger partial charge is 0.324 e. The zero-order valence-corrected chi connectivity index (χ0v) is 9.33. The van der Waals surface area contributed by atoms with Crippen LogP contribution < -0.4 is 0 Å². The minimum atomic E-state index is -1.17. The molecule has 0 aromatic heterocycles. The quantitative estimate of drug-likeness (QED) is 0.522. The summed E-state index contributed by atoms with van der Waals surface area (Å²) in [6, 6.07) is 0. The van der Waals surface area contributed by atoms with E-state index in [1.165, 1.54) is 0 Å². The van der Waals surface area contributed by atoms with Crippen LogP contribution >= 0.6 is 0 Å². The van der Waals surface area contributed by atoms with E-state index in [0.29, 0.717) is 6.42 Å². The summed E-state index contributed by atoms with van der Waals surface area (Å²) in [5.41, 5.74) is -0.767. The summed E-state index contributed by atoms with van der Waals surface area (Å²) in [7, 11) is 0. The highest BCUT2D eigenvalue weighted by Crippen LogP contribution is 2.26. The van der Waals surface area contributed by atoms with Crippen molar-refractivity contribution >= 4 is 17.5 Å². The maximum Gasteiger partial charge on any atom is 0.324 e. The number of ether oxygens (including phenoxy) is 1. The van der Waals surface area contributed by atoms with E-state index in [1.54, 1.807) is 13.8 Å². The summed E-state index contributed by atoms with van der Waals surface area (Å²) in [4.78, 5) is 34.6. The van der Waals surface area contributed by atoms with E-state index >= 15 is 0 Å². The number of carbonyl (C=O) groups excluding carboxylic acids is 3. The molecule has 1 heterocycles. The maximum absolute atomic E-state index is 11.6. The maximum atomic E-state index is 11.6. The van der Waals surface area contributed by atoms with Crippen molar-refractivity contribution in [3.8, 4) is 0 Å². The number of hydrogen-bond acceptors (Lipinski definition) is 4. The molecular formula is C11H16O4. The Balaban J connectivity index is 2.80. The van der Waals surface area contributed by atoms with Crippen molar-refractivity contribution in [2.24, 2.45) is 5.92 Å². The first-order chi connectivity index (χ1) is 6.87. The van der Waals surface area contributed by atoms with E-state index in [-0.39, 0.29) is 24.4 Å². The number of carbonyl (C=O) groups is 3. The average molecular weight is 212 g/mol. The van der Waals surface area contributed by atoms with Crippen LogP contribution in [0.4, 0.5) is 0 Å². The molecule has 15 heavy (non-hydrogen) atoms. The molecule has 1 fully saturated rings. The van der Waals surface area contributed by atoms with Crippen molar-refractivity contribution in [1.29, 1.82) is 0 Å². The SMILES string of the molecule is CCCC(=O)C1C(=O)CC(C)(C)OC1=O. The first kappa shape index (κ1) is 11.9. The van der Waals surface area contributed by atoms with Gasteiger partial charge in [0.25, 0.3) is 0 Å². The fourth-order valence-electron chi connectivity index (χ4n) is 1.72. The van der Waals surface area contributed by atoms with E-state index < -0.39 is 17.5 Å². The fraction of sp³-hybridized carbons (Fsp3) is 0.727. The molecule has 0 bridgehead atoms. The Kier molecular flexibility index (Phi) is 3.27. The van der Waals surface area contributed by atoms with Gasteiger partial charge in [0.1, 0.15) is 5.60 Å². The van der Waals surface area contributed by atoms with Gasteiger partial charge in [0.2, 0.25) is 0 Å². The zero-order chi connectivity index (χ0) is 11.6. The monoisotopic (exact) mass is 212 g/mol. The molecule has 1 rings (SSSR count). The predicted octanol–water partition coefficient (Wildman–Crippen LogP) is 1.27. The molecule has 4 nitrogen and oxygen atoms in total. The van der Waals surface area contributed by atoms with Crippen LogP contribution in [0.25, 0.3) is 0 Å². The average Bonchev–Trinajstić information content (AvgIpc) is 1.99. The van der Waals surface area contributed by atoms with Gasteiger partial charge in [0.05, 0.1) is 0 Å². The highest BCUT2D eigenvalue weighted by molar-refractivity contribution is 6.18. The molecule has 0 radical (unpaired) electrons. The van der Waals surface area contributed by atoms with E-state index in [0.717, 1.165) is 0 Å². The molecule has 1 unspecified atom stereocenters. The van der Waals surface area contributed by atoms with E-state index in [2.05, 4.69) is 0 Å². The molecule has 1 aliphatic rings. The van der Waals surface area contributed by atoms with Crippen LogP contribution in [0, 0.1) is 5.92 Å². The molecule has 4 heteroatoms. The molecule has 0 aliphatic carbocycles. The molecule has 0 aromatic carbocycles. The first-order valence-corrected chi connectivity index (χ1v) is 5.15. The second-order valence-electron chi connectivity index (χ2n) is 4.47. The van der Waals surface area contributed by atoms with Gasteiger partial charge < -0.3 is 4.74 Å². The van der Waals surface area contributed by atoms with Crippen molar-refractivity contribution in [2.45, 2.75) is 45.6 Å². The third-order valence-electron chi connectivity index (χ3n) is 2.35. The number of rotatable bonds is 3. The van der Waals surface area contributed by atoms with E-state index in [9.17, 15) is 14.4 Å². The van der Waals surface area contributed by atoms with Gasteiger partial charge in [-0.15, -0.1) is 0 Å². The highest BCUT2D eigenvalue weighted by atomic mass is 16.6. The van der Waals surface area contributed by atoms with Crippen molar-refractivity contribution in [3.05, 3.63) is 0 Å². The Morgan fingerprint density at radius 2 is 2.07 bits per heavy atom. The Morgan fingerprint density at radius 1 is 1.47 bits per heavy atom. The lowest BCUT2D eigenvalue weighted by Crippen LogP contribution is -2.46. The van der Waals surface area contributed by atoms with Gasteiger partial charge in [-0.25, -0.2) is 0 Å². The van der Waals surface area contributed by atoms with E-state index in [1.807, 2.05) is 6.92 Å². The first-order valence-electron chi connectivity index (χ1n) is 5.15. The summed E-state index contributed by atoms with van der Waals surface area (Å²) >= 11 is 0. The number of ketones is 2. The summed E-state index contributed by atoms with van der Waals surface area (Å²) in [6.07, 6.45) is 1.02. The number of hydrogen-bond donors (Lipinski definition) is 0. The zero-order valence-electron chi connectivity index (χ0n) is 9.33. The Morgan fingerprint density at radius 3 is 2.53 bits per heavy atom. The second-order valence-corrected chi connectivity index (χ2v) is 4.47. The molecule has 0 amide bonds. The summed E-state index contributed by atoms with van der Waals surface area (Å²) in [6.45, 7) is 5.17. The number of esters is 1. The lowest BCUT2D eigenvalue weighted by atomic mass is 9.86. The minimum absolute atomic E-state index is 0.124. The molecule has 0 spiro atoms. The fourth-order valence-corrected chi connectivity index (χ4v) is 1.72. The minimum Gasteiger partial charge on any atom is -0.458 e. The van der Waals surface area contributed by atoms with Gasteiger partial charge in [-0.3, -0.25) is 14.4 Å². The summed E-state index contributed by atoms with van der Waals surface area (Å²) < 4.78 is 5.04. The van der Waals surface area contributed by atoms with Gasteiger partial charge in [0.15, 0.2) is 17.5 Å². The Hall–Kier alpha value is -1.19. The molecular weight excluding hydrogens is 196 g/mol. The Bertz CT molecular complexity index is 284. The lowest BCUT2D eigenvalue weighted by molar-refractivity contribution is -0.174. The van der Waals surface area contributed by atoms with Gasteiger partial charge in [0, 0.05) is 12.8 Å². The normalized spacial score (nSPS) is 24.9. The van der Waals surface area contributed by atoms with Gasteiger partial charge >= 0.3 is 5.97 Å². The topological polar surface area (TPSA) is 60.4 Å². The third-order valence-corrected chi connectivity index (χ3v) is 2.35. The largest absolute Gasteiger partial charge is 0.458 e. The van der Waals surface area contributed by atoms with Crippen LogP contribution in [0.15, 0.2) is 0 Å². The molecule has 0 saturated carbocycles.